The number of nitrogens with one attached hydrogen (secondary N) is 1. The first-order chi connectivity index (χ1) is 8.06. The summed E-state index contributed by atoms with van der Waals surface area (Å²) in [6.07, 6.45) is 0. The lowest BCUT2D eigenvalue weighted by atomic mass is 10.2. The average molecular weight is 253 g/mol. The van der Waals surface area contributed by atoms with E-state index < -0.39 is 5.91 Å². The number of nitrogens with zero attached hydrogens (tertiary/aromatic N) is 2. The van der Waals surface area contributed by atoms with E-state index in [-0.39, 0.29) is 11.7 Å². The Morgan fingerprint density at radius 3 is 2.88 bits per heavy atom. The molecule has 1 amide bonds. The average Bonchev–Trinajstić information content (AvgIpc) is 2.63. The predicted molar refractivity (Wildman–Crippen MR) is 62.9 cm³/mol. The van der Waals surface area contributed by atoms with Crippen LogP contribution in [0.1, 0.15) is 16.2 Å². The number of anilines is 2. The van der Waals surface area contributed by atoms with Crippen molar-refractivity contribution in [3.63, 3.8) is 0 Å². The molecule has 2 aromatic rings. The molecule has 0 atom stereocenters. The van der Waals surface area contributed by atoms with E-state index in [1.165, 1.54) is 12.1 Å². The van der Waals surface area contributed by atoms with E-state index in [4.69, 9.17) is 21.9 Å². The molecule has 1 heterocycles. The molecule has 3 N–H and O–H groups in total. The van der Waals surface area contributed by atoms with E-state index in [0.717, 1.165) is 0 Å². The van der Waals surface area contributed by atoms with Gasteiger partial charge in [0.05, 0.1) is 5.56 Å². The zero-order chi connectivity index (χ0) is 12.4. The maximum absolute atomic E-state index is 11.8. The van der Waals surface area contributed by atoms with Crippen LogP contribution in [0.3, 0.4) is 0 Å². The lowest BCUT2D eigenvalue weighted by molar-refractivity contribution is 0.102. The number of nitrogen functional groups attached to an aromatic ring is 1. The first kappa shape index (κ1) is 11.4. The van der Waals surface area contributed by atoms with Crippen LogP contribution in [0.4, 0.5) is 11.7 Å². The number of hydrogen-bond acceptors (Lipinski definition) is 5. The number of nitrogens with two attached hydrogens (primary N) is 1. The highest BCUT2D eigenvalue weighted by Crippen LogP contribution is 2.19. The normalized spacial score (nSPS) is 10.2. The Labute approximate surface area is 102 Å². The lowest BCUT2D eigenvalue weighted by Gasteiger charge is -2.04. The minimum absolute atomic E-state index is 0.0295. The summed E-state index contributed by atoms with van der Waals surface area (Å²) in [6, 6.07) is 4.62. The maximum atomic E-state index is 11.8. The molecular formula is C10H9ClN4O2. The first-order valence-electron chi connectivity index (χ1n) is 4.73. The van der Waals surface area contributed by atoms with Crippen LogP contribution in [0, 0.1) is 6.92 Å². The molecule has 0 radical (unpaired) electrons. The van der Waals surface area contributed by atoms with Gasteiger partial charge in [0.1, 0.15) is 0 Å². The second-order valence-electron chi connectivity index (χ2n) is 3.33. The number of benzene rings is 1. The molecular weight excluding hydrogens is 244 g/mol. The molecule has 0 unspecified atom stereocenters. The Hall–Kier alpha value is -2.08. The SMILES string of the molecule is Cc1noc(NC(=O)c2ccc(Cl)cc2N)n1. The number of hydrogen-bond donors (Lipinski definition) is 2. The van der Waals surface area contributed by atoms with Gasteiger partial charge in [0.15, 0.2) is 5.82 Å². The monoisotopic (exact) mass is 252 g/mol. The van der Waals surface area contributed by atoms with Crippen molar-refractivity contribution >= 4 is 29.2 Å². The Kier molecular flexibility index (Phi) is 2.97. The van der Waals surface area contributed by atoms with E-state index in [1.54, 1.807) is 13.0 Å². The second kappa shape index (κ2) is 4.42. The molecule has 88 valence electrons. The van der Waals surface area contributed by atoms with Crippen molar-refractivity contribution in [2.24, 2.45) is 0 Å². The van der Waals surface area contributed by atoms with Gasteiger partial charge in [-0.05, 0) is 25.1 Å². The molecule has 17 heavy (non-hydrogen) atoms. The molecule has 0 aliphatic rings. The fraction of sp³-hybridized carbons (Fsp3) is 0.100. The fourth-order valence-electron chi connectivity index (χ4n) is 1.25. The number of halogens is 1. The summed E-state index contributed by atoms with van der Waals surface area (Å²) in [7, 11) is 0. The highest BCUT2D eigenvalue weighted by Gasteiger charge is 2.13. The second-order valence-corrected chi connectivity index (χ2v) is 3.77. The Bertz CT molecular complexity index is 567. The van der Waals surface area contributed by atoms with E-state index in [2.05, 4.69) is 15.5 Å². The number of amides is 1. The van der Waals surface area contributed by atoms with Gasteiger partial charge in [0.25, 0.3) is 5.91 Å². The van der Waals surface area contributed by atoms with Gasteiger partial charge in [-0.3, -0.25) is 10.1 Å². The van der Waals surface area contributed by atoms with Gasteiger partial charge in [-0.25, -0.2) is 0 Å². The highest BCUT2D eigenvalue weighted by molar-refractivity contribution is 6.31. The Morgan fingerprint density at radius 2 is 2.29 bits per heavy atom. The van der Waals surface area contributed by atoms with Gasteiger partial charge < -0.3 is 10.3 Å². The smallest absolute Gasteiger partial charge is 0.328 e. The van der Waals surface area contributed by atoms with Crippen LogP contribution in [0.25, 0.3) is 0 Å². The zero-order valence-corrected chi connectivity index (χ0v) is 9.65. The summed E-state index contributed by atoms with van der Waals surface area (Å²) < 4.78 is 4.76. The molecule has 7 heteroatoms. The summed E-state index contributed by atoms with van der Waals surface area (Å²) in [5.41, 5.74) is 6.25. The molecule has 0 saturated carbocycles. The van der Waals surface area contributed by atoms with E-state index in [9.17, 15) is 4.79 Å². The molecule has 0 aliphatic heterocycles. The van der Waals surface area contributed by atoms with Crippen molar-refractivity contribution in [1.82, 2.24) is 10.1 Å². The molecule has 0 saturated heterocycles. The van der Waals surface area contributed by atoms with Crippen molar-refractivity contribution in [1.29, 1.82) is 0 Å². The number of carbonyl (C=O) groups is 1. The topological polar surface area (TPSA) is 94.0 Å². The van der Waals surface area contributed by atoms with Crippen LogP contribution in [-0.2, 0) is 0 Å². The number of aromatic nitrogens is 2. The van der Waals surface area contributed by atoms with Gasteiger partial charge in [0.2, 0.25) is 0 Å². The maximum Gasteiger partial charge on any atom is 0.328 e. The van der Waals surface area contributed by atoms with Crippen molar-refractivity contribution in [3.8, 4) is 0 Å². The van der Waals surface area contributed by atoms with Crippen molar-refractivity contribution < 1.29 is 9.32 Å². The molecule has 0 aliphatic carbocycles. The standard InChI is InChI=1S/C10H9ClN4O2/c1-5-13-10(17-15-5)14-9(16)7-3-2-6(11)4-8(7)12/h2-4H,12H2,1H3,(H,13,14,15,16). The molecule has 1 aromatic heterocycles. The molecule has 6 nitrogen and oxygen atoms in total. The minimum Gasteiger partial charge on any atom is -0.398 e. The van der Waals surface area contributed by atoms with Crippen molar-refractivity contribution in [2.45, 2.75) is 6.92 Å². The van der Waals surface area contributed by atoms with Crippen LogP contribution >= 0.6 is 11.6 Å². The molecule has 0 fully saturated rings. The van der Waals surface area contributed by atoms with E-state index in [0.29, 0.717) is 16.4 Å². The Morgan fingerprint density at radius 1 is 1.53 bits per heavy atom. The van der Waals surface area contributed by atoms with Gasteiger partial charge in [0, 0.05) is 10.7 Å². The number of aryl methyl sites for hydroxylation is 1. The number of rotatable bonds is 2. The van der Waals surface area contributed by atoms with Crippen LogP contribution in [0.2, 0.25) is 5.02 Å². The quantitative estimate of drug-likeness (QED) is 0.796. The van der Waals surface area contributed by atoms with E-state index >= 15 is 0 Å². The fourth-order valence-corrected chi connectivity index (χ4v) is 1.43. The third kappa shape index (κ3) is 2.54. The van der Waals surface area contributed by atoms with Crippen LogP contribution in [0.15, 0.2) is 22.7 Å². The van der Waals surface area contributed by atoms with Crippen LogP contribution in [0.5, 0.6) is 0 Å². The summed E-state index contributed by atoms with van der Waals surface area (Å²) in [5, 5.41) is 6.45. The van der Waals surface area contributed by atoms with Crippen LogP contribution in [-0.4, -0.2) is 16.0 Å². The van der Waals surface area contributed by atoms with Gasteiger partial charge in [-0.2, -0.15) is 4.98 Å². The van der Waals surface area contributed by atoms with E-state index in [1.807, 2.05) is 0 Å². The number of carbonyl (C=O) groups excluding carboxylic acids is 1. The summed E-state index contributed by atoms with van der Waals surface area (Å²) in [4.78, 5) is 15.6. The minimum atomic E-state index is -0.428. The van der Waals surface area contributed by atoms with Gasteiger partial charge >= 0.3 is 6.01 Å². The summed E-state index contributed by atoms with van der Waals surface area (Å²) >= 11 is 5.73. The van der Waals surface area contributed by atoms with Gasteiger partial charge in [-0.1, -0.05) is 16.8 Å². The largest absolute Gasteiger partial charge is 0.398 e. The van der Waals surface area contributed by atoms with Crippen molar-refractivity contribution in [3.05, 3.63) is 34.6 Å². The molecule has 1 aromatic carbocycles. The predicted octanol–water partition coefficient (Wildman–Crippen LogP) is 1.87. The zero-order valence-electron chi connectivity index (χ0n) is 8.90. The molecule has 0 spiro atoms. The molecule has 2 rings (SSSR count). The summed E-state index contributed by atoms with van der Waals surface area (Å²) in [6.45, 7) is 1.65. The third-order valence-corrected chi connectivity index (χ3v) is 2.24. The highest BCUT2D eigenvalue weighted by atomic mass is 35.5. The first-order valence-corrected chi connectivity index (χ1v) is 5.11. The lowest BCUT2D eigenvalue weighted by Crippen LogP contribution is -2.14. The Balaban J connectivity index is 2.20. The molecule has 0 bridgehead atoms. The summed E-state index contributed by atoms with van der Waals surface area (Å²) in [5.74, 6) is 0.00666. The third-order valence-electron chi connectivity index (χ3n) is 2.01. The van der Waals surface area contributed by atoms with Crippen molar-refractivity contribution in [2.75, 3.05) is 11.1 Å². The van der Waals surface area contributed by atoms with Gasteiger partial charge in [-0.15, -0.1) is 0 Å². The van der Waals surface area contributed by atoms with Crippen LogP contribution < -0.4 is 11.1 Å².